The van der Waals surface area contributed by atoms with E-state index >= 15 is 0 Å². The van der Waals surface area contributed by atoms with Crippen LogP contribution in [-0.2, 0) is 0 Å². The molecule has 1 aliphatic carbocycles. The molecule has 0 radical (unpaired) electrons. The van der Waals surface area contributed by atoms with E-state index in [1.807, 2.05) is 0 Å². The van der Waals surface area contributed by atoms with E-state index in [0.29, 0.717) is 5.41 Å². The maximum Gasteiger partial charge on any atom is 0.0540 e. The molecule has 0 amide bonds. The summed E-state index contributed by atoms with van der Waals surface area (Å²) in [5, 5.41) is 0. The molecule has 16 heavy (non-hydrogen) atoms. The van der Waals surface area contributed by atoms with Crippen molar-refractivity contribution in [2.75, 3.05) is 18.0 Å². The molecular weight excluding hydrogens is 262 g/mol. The van der Waals surface area contributed by atoms with Crippen molar-refractivity contribution in [2.45, 2.75) is 33.1 Å². The highest BCUT2D eigenvalue weighted by Crippen LogP contribution is 2.51. The molecule has 1 saturated carbocycles. The summed E-state index contributed by atoms with van der Waals surface area (Å²) in [6.45, 7) is 6.93. The minimum atomic E-state index is 0.705. The summed E-state index contributed by atoms with van der Waals surface area (Å²) in [5.41, 5.74) is 4.87. The van der Waals surface area contributed by atoms with E-state index in [1.54, 1.807) is 0 Å². The first kappa shape index (κ1) is 10.6. The Balaban J connectivity index is 1.85. The maximum atomic E-state index is 3.71. The lowest BCUT2D eigenvalue weighted by Gasteiger charge is -2.57. The van der Waals surface area contributed by atoms with Gasteiger partial charge >= 0.3 is 0 Å². The summed E-state index contributed by atoms with van der Waals surface area (Å²) in [5.74, 6) is 0. The topological polar surface area (TPSA) is 3.24 Å². The van der Waals surface area contributed by atoms with Crippen LogP contribution in [0.15, 0.2) is 16.6 Å². The van der Waals surface area contributed by atoms with Crippen molar-refractivity contribution < 1.29 is 0 Å². The molecule has 2 aliphatic rings. The van der Waals surface area contributed by atoms with Crippen molar-refractivity contribution in [2.24, 2.45) is 5.41 Å². The highest BCUT2D eigenvalue weighted by Gasteiger charge is 2.47. The Kier molecular flexibility index (Phi) is 2.32. The number of rotatable bonds is 1. The van der Waals surface area contributed by atoms with Gasteiger partial charge in [-0.2, -0.15) is 0 Å². The Morgan fingerprint density at radius 2 is 1.88 bits per heavy atom. The SMILES string of the molecule is Cc1cc(C)c(N2CC3(CCC3)C2)c(Br)c1. The molecule has 0 aromatic heterocycles. The van der Waals surface area contributed by atoms with E-state index in [9.17, 15) is 0 Å². The zero-order valence-electron chi connectivity index (χ0n) is 10.0. The quantitative estimate of drug-likeness (QED) is 0.750. The summed E-state index contributed by atoms with van der Waals surface area (Å²) in [4.78, 5) is 2.54. The van der Waals surface area contributed by atoms with E-state index < -0.39 is 0 Å². The molecular formula is C14H18BrN. The van der Waals surface area contributed by atoms with Gasteiger partial charge in [-0.1, -0.05) is 12.5 Å². The molecule has 1 aromatic carbocycles. The van der Waals surface area contributed by atoms with Crippen molar-refractivity contribution in [3.05, 3.63) is 27.7 Å². The second kappa shape index (κ2) is 3.49. The summed E-state index contributed by atoms with van der Waals surface area (Å²) >= 11 is 3.71. The zero-order chi connectivity index (χ0) is 11.3. The second-order valence-corrected chi connectivity index (χ2v) is 6.48. The van der Waals surface area contributed by atoms with Gasteiger partial charge in [0.1, 0.15) is 0 Å². The summed E-state index contributed by atoms with van der Waals surface area (Å²) in [6, 6.07) is 4.51. The van der Waals surface area contributed by atoms with Gasteiger partial charge in [-0.3, -0.25) is 0 Å². The minimum Gasteiger partial charge on any atom is -0.369 e. The summed E-state index contributed by atoms with van der Waals surface area (Å²) in [6.07, 6.45) is 4.35. The predicted octanol–water partition coefficient (Wildman–Crippen LogP) is 4.06. The average Bonchev–Trinajstić information content (AvgIpc) is 2.03. The third-order valence-electron chi connectivity index (χ3n) is 4.18. The van der Waals surface area contributed by atoms with Crippen molar-refractivity contribution in [3.63, 3.8) is 0 Å². The van der Waals surface area contributed by atoms with E-state index in [2.05, 4.69) is 46.8 Å². The fourth-order valence-electron chi connectivity index (χ4n) is 3.22. The molecule has 0 bridgehead atoms. The van der Waals surface area contributed by atoms with Crippen LogP contribution in [0.1, 0.15) is 30.4 Å². The zero-order valence-corrected chi connectivity index (χ0v) is 11.6. The third-order valence-corrected chi connectivity index (χ3v) is 4.79. The summed E-state index contributed by atoms with van der Waals surface area (Å²) in [7, 11) is 0. The average molecular weight is 280 g/mol. The Bertz CT molecular complexity index is 403. The van der Waals surface area contributed by atoms with Gasteiger partial charge in [0.15, 0.2) is 0 Å². The normalized spacial score (nSPS) is 21.8. The first-order chi connectivity index (χ1) is 7.60. The number of hydrogen-bond acceptors (Lipinski definition) is 1. The lowest BCUT2D eigenvalue weighted by molar-refractivity contribution is 0.0902. The standard InChI is InChI=1S/C14H18BrN/c1-10-6-11(2)13(12(15)7-10)16-8-14(9-16)4-3-5-14/h6-7H,3-5,8-9H2,1-2H3. The van der Waals surface area contributed by atoms with Gasteiger partial charge in [0, 0.05) is 23.0 Å². The molecule has 1 saturated heterocycles. The molecule has 2 heteroatoms. The van der Waals surface area contributed by atoms with E-state index in [4.69, 9.17) is 0 Å². The molecule has 0 N–H and O–H groups in total. The molecule has 1 heterocycles. The second-order valence-electron chi connectivity index (χ2n) is 5.62. The number of nitrogens with zero attached hydrogens (tertiary/aromatic N) is 1. The van der Waals surface area contributed by atoms with Crippen LogP contribution in [0.2, 0.25) is 0 Å². The molecule has 86 valence electrons. The number of hydrogen-bond donors (Lipinski definition) is 0. The summed E-state index contributed by atoms with van der Waals surface area (Å²) < 4.78 is 1.26. The lowest BCUT2D eigenvalue weighted by Crippen LogP contribution is -2.60. The molecule has 2 fully saturated rings. The van der Waals surface area contributed by atoms with Crippen LogP contribution in [0.3, 0.4) is 0 Å². The smallest absolute Gasteiger partial charge is 0.0540 e. The first-order valence-corrected chi connectivity index (χ1v) is 6.91. The van der Waals surface area contributed by atoms with Crippen LogP contribution in [0.5, 0.6) is 0 Å². The van der Waals surface area contributed by atoms with Gasteiger partial charge < -0.3 is 4.90 Å². The van der Waals surface area contributed by atoms with Crippen LogP contribution in [0, 0.1) is 19.3 Å². The Morgan fingerprint density at radius 1 is 1.19 bits per heavy atom. The highest BCUT2D eigenvalue weighted by molar-refractivity contribution is 9.10. The first-order valence-electron chi connectivity index (χ1n) is 6.11. The number of anilines is 1. The van der Waals surface area contributed by atoms with Gasteiger partial charge in [0.25, 0.3) is 0 Å². The molecule has 0 unspecified atom stereocenters. The fourth-order valence-corrected chi connectivity index (χ4v) is 4.15. The van der Waals surface area contributed by atoms with Gasteiger partial charge in [-0.05, 0) is 59.8 Å². The van der Waals surface area contributed by atoms with Crippen molar-refractivity contribution in [1.82, 2.24) is 0 Å². The van der Waals surface area contributed by atoms with E-state index in [-0.39, 0.29) is 0 Å². The monoisotopic (exact) mass is 279 g/mol. The van der Waals surface area contributed by atoms with Gasteiger partial charge in [-0.25, -0.2) is 0 Å². The molecule has 1 aromatic rings. The Labute approximate surface area is 106 Å². The predicted molar refractivity (Wildman–Crippen MR) is 72.1 cm³/mol. The van der Waals surface area contributed by atoms with Gasteiger partial charge in [0.05, 0.1) is 5.69 Å². The van der Waals surface area contributed by atoms with Gasteiger partial charge in [-0.15, -0.1) is 0 Å². The van der Waals surface area contributed by atoms with Gasteiger partial charge in [0.2, 0.25) is 0 Å². The van der Waals surface area contributed by atoms with Crippen molar-refractivity contribution in [1.29, 1.82) is 0 Å². The number of aryl methyl sites for hydroxylation is 2. The third kappa shape index (κ3) is 1.50. The Hall–Kier alpha value is -0.500. The largest absolute Gasteiger partial charge is 0.369 e. The molecule has 0 atom stereocenters. The molecule has 3 rings (SSSR count). The van der Waals surface area contributed by atoms with Crippen LogP contribution in [0.25, 0.3) is 0 Å². The maximum absolute atomic E-state index is 3.71. The van der Waals surface area contributed by atoms with Crippen molar-refractivity contribution in [3.8, 4) is 0 Å². The highest BCUT2D eigenvalue weighted by atomic mass is 79.9. The van der Waals surface area contributed by atoms with Crippen LogP contribution in [-0.4, -0.2) is 13.1 Å². The fraction of sp³-hybridized carbons (Fsp3) is 0.571. The molecule has 1 spiro atoms. The Morgan fingerprint density at radius 3 is 2.38 bits per heavy atom. The van der Waals surface area contributed by atoms with Crippen LogP contribution in [0.4, 0.5) is 5.69 Å². The number of halogens is 1. The van der Waals surface area contributed by atoms with Crippen LogP contribution < -0.4 is 4.90 Å². The van der Waals surface area contributed by atoms with E-state index in [0.717, 1.165) is 0 Å². The lowest BCUT2D eigenvalue weighted by atomic mass is 9.63. The number of benzene rings is 1. The van der Waals surface area contributed by atoms with Crippen LogP contribution >= 0.6 is 15.9 Å². The molecule has 1 nitrogen and oxygen atoms in total. The molecule has 1 aliphatic heterocycles. The minimum absolute atomic E-state index is 0.705. The van der Waals surface area contributed by atoms with Crippen molar-refractivity contribution >= 4 is 21.6 Å². The van der Waals surface area contributed by atoms with E-state index in [1.165, 1.54) is 53.6 Å².